The maximum atomic E-state index is 13.0. The number of rotatable bonds is 7. The molecule has 0 atom stereocenters. The predicted octanol–water partition coefficient (Wildman–Crippen LogP) is 4.44. The molecule has 1 N–H and O–H groups in total. The number of carbonyl (C=O) groups excluding carboxylic acids is 1. The third kappa shape index (κ3) is 6.33. The summed E-state index contributed by atoms with van der Waals surface area (Å²) in [5.74, 6) is 0.0720. The van der Waals surface area contributed by atoms with E-state index in [9.17, 15) is 9.18 Å². The van der Waals surface area contributed by atoms with Crippen LogP contribution in [0.5, 0.6) is 0 Å². The zero-order chi connectivity index (χ0) is 19.1. The number of nitrogens with zero attached hydrogens (tertiary/aromatic N) is 1. The van der Waals surface area contributed by atoms with Gasteiger partial charge in [-0.05, 0) is 74.2 Å². The van der Waals surface area contributed by atoms with E-state index in [4.69, 9.17) is 11.6 Å². The van der Waals surface area contributed by atoms with E-state index in [-0.39, 0.29) is 17.6 Å². The molecule has 0 aromatic heterocycles. The molecule has 1 aliphatic heterocycles. The smallest absolute Gasteiger partial charge is 0.223 e. The number of hydrogen-bond donors (Lipinski definition) is 1. The molecule has 0 bridgehead atoms. The lowest BCUT2D eigenvalue weighted by molar-refractivity contribution is -0.126. The molecule has 5 heteroatoms. The van der Waals surface area contributed by atoms with Crippen molar-refractivity contribution in [1.29, 1.82) is 0 Å². The molecule has 3 nitrogen and oxygen atoms in total. The Hall–Kier alpha value is -1.91. The van der Waals surface area contributed by atoms with E-state index < -0.39 is 0 Å². The van der Waals surface area contributed by atoms with Gasteiger partial charge in [-0.3, -0.25) is 9.69 Å². The number of likely N-dealkylation sites (tertiary alicyclic amines) is 1. The number of carbonyl (C=O) groups is 1. The van der Waals surface area contributed by atoms with Gasteiger partial charge in [0.2, 0.25) is 5.91 Å². The Kier molecular flexibility index (Phi) is 7.25. The second-order valence-corrected chi connectivity index (χ2v) is 7.63. The molecule has 1 fully saturated rings. The van der Waals surface area contributed by atoms with Gasteiger partial charge in [-0.25, -0.2) is 4.39 Å². The van der Waals surface area contributed by atoms with Crippen LogP contribution in [0.2, 0.25) is 5.02 Å². The van der Waals surface area contributed by atoms with Crippen LogP contribution in [0.4, 0.5) is 4.39 Å². The van der Waals surface area contributed by atoms with Crippen LogP contribution >= 0.6 is 11.6 Å². The van der Waals surface area contributed by atoms with Gasteiger partial charge in [-0.2, -0.15) is 0 Å². The highest BCUT2D eigenvalue weighted by molar-refractivity contribution is 6.30. The third-order valence-electron chi connectivity index (χ3n) is 5.13. The van der Waals surface area contributed by atoms with Gasteiger partial charge in [0.1, 0.15) is 5.82 Å². The van der Waals surface area contributed by atoms with Crippen molar-refractivity contribution < 1.29 is 9.18 Å². The Labute approximate surface area is 165 Å². The number of nitrogens with one attached hydrogen (secondary N) is 1. The lowest BCUT2D eigenvalue weighted by Gasteiger charge is -2.31. The van der Waals surface area contributed by atoms with Gasteiger partial charge in [0.05, 0.1) is 0 Å². The highest BCUT2D eigenvalue weighted by Gasteiger charge is 2.24. The summed E-state index contributed by atoms with van der Waals surface area (Å²) in [6.45, 7) is 3.33. The fourth-order valence-electron chi connectivity index (χ4n) is 3.50. The zero-order valence-electron chi connectivity index (χ0n) is 15.5. The van der Waals surface area contributed by atoms with Crippen molar-refractivity contribution in [2.75, 3.05) is 19.6 Å². The minimum atomic E-state index is -0.204. The Morgan fingerprint density at radius 3 is 2.33 bits per heavy atom. The summed E-state index contributed by atoms with van der Waals surface area (Å²) in [7, 11) is 0. The van der Waals surface area contributed by atoms with E-state index in [2.05, 4.69) is 10.2 Å². The largest absolute Gasteiger partial charge is 0.356 e. The van der Waals surface area contributed by atoms with E-state index in [1.807, 2.05) is 36.4 Å². The standard InChI is InChI=1S/C22H26ClFN2O/c23-20-7-3-17(4-8-20)2-1-13-25-22(27)19-11-14-26(15-12-19)16-18-5-9-21(24)10-6-18/h3-10,19H,1-2,11-16H2,(H,25,27). The Morgan fingerprint density at radius 2 is 1.67 bits per heavy atom. The Morgan fingerprint density at radius 1 is 1.04 bits per heavy atom. The van der Waals surface area contributed by atoms with E-state index in [1.165, 1.54) is 17.7 Å². The highest BCUT2D eigenvalue weighted by Crippen LogP contribution is 2.19. The van der Waals surface area contributed by atoms with Gasteiger partial charge in [0.25, 0.3) is 0 Å². The average molecular weight is 389 g/mol. The number of hydrogen-bond acceptors (Lipinski definition) is 2. The van der Waals surface area contributed by atoms with E-state index >= 15 is 0 Å². The van der Waals surface area contributed by atoms with Crippen LogP contribution in [-0.4, -0.2) is 30.4 Å². The molecule has 2 aromatic carbocycles. The van der Waals surface area contributed by atoms with Gasteiger partial charge >= 0.3 is 0 Å². The molecule has 27 heavy (non-hydrogen) atoms. The lowest BCUT2D eigenvalue weighted by Crippen LogP contribution is -2.40. The van der Waals surface area contributed by atoms with Crippen LogP contribution in [0.1, 0.15) is 30.4 Å². The van der Waals surface area contributed by atoms with Crippen molar-refractivity contribution in [3.63, 3.8) is 0 Å². The molecule has 0 spiro atoms. The minimum Gasteiger partial charge on any atom is -0.356 e. The van der Waals surface area contributed by atoms with E-state index in [0.29, 0.717) is 6.54 Å². The number of halogens is 2. The fourth-order valence-corrected chi connectivity index (χ4v) is 3.63. The number of benzene rings is 2. The van der Waals surface area contributed by atoms with E-state index in [1.54, 1.807) is 0 Å². The van der Waals surface area contributed by atoms with Gasteiger partial charge in [-0.15, -0.1) is 0 Å². The van der Waals surface area contributed by atoms with Crippen molar-refractivity contribution >= 4 is 17.5 Å². The van der Waals surface area contributed by atoms with Crippen LogP contribution in [0, 0.1) is 11.7 Å². The average Bonchev–Trinajstić information content (AvgIpc) is 2.69. The molecule has 0 unspecified atom stereocenters. The second-order valence-electron chi connectivity index (χ2n) is 7.20. The van der Waals surface area contributed by atoms with Crippen molar-refractivity contribution in [2.45, 2.75) is 32.2 Å². The molecular weight excluding hydrogens is 363 g/mol. The van der Waals surface area contributed by atoms with Crippen molar-refractivity contribution in [3.8, 4) is 0 Å². The zero-order valence-corrected chi connectivity index (χ0v) is 16.2. The summed E-state index contributed by atoms with van der Waals surface area (Å²) < 4.78 is 13.0. The molecular formula is C22H26ClFN2O. The molecule has 1 heterocycles. The van der Waals surface area contributed by atoms with Crippen molar-refractivity contribution in [2.24, 2.45) is 5.92 Å². The van der Waals surface area contributed by atoms with Gasteiger partial charge in [-0.1, -0.05) is 35.9 Å². The maximum Gasteiger partial charge on any atom is 0.223 e. The summed E-state index contributed by atoms with van der Waals surface area (Å²) in [6.07, 6.45) is 3.62. The first-order valence-electron chi connectivity index (χ1n) is 9.59. The molecule has 1 amide bonds. The second kappa shape index (κ2) is 9.86. The molecule has 1 saturated heterocycles. The lowest BCUT2D eigenvalue weighted by atomic mass is 9.95. The van der Waals surface area contributed by atoms with Crippen LogP contribution in [0.25, 0.3) is 0 Å². The van der Waals surface area contributed by atoms with Crippen LogP contribution in [0.3, 0.4) is 0 Å². The normalized spacial score (nSPS) is 15.6. The minimum absolute atomic E-state index is 0.102. The molecule has 2 aromatic rings. The first-order chi connectivity index (χ1) is 13.1. The fraction of sp³-hybridized carbons (Fsp3) is 0.409. The van der Waals surface area contributed by atoms with Crippen molar-refractivity contribution in [1.82, 2.24) is 10.2 Å². The van der Waals surface area contributed by atoms with Gasteiger partial charge in [0.15, 0.2) is 0 Å². The monoisotopic (exact) mass is 388 g/mol. The summed E-state index contributed by atoms with van der Waals surface area (Å²) >= 11 is 5.89. The third-order valence-corrected chi connectivity index (χ3v) is 5.38. The molecule has 0 radical (unpaired) electrons. The maximum absolute atomic E-state index is 13.0. The number of piperidine rings is 1. The topological polar surface area (TPSA) is 32.3 Å². The first kappa shape index (κ1) is 19.8. The molecule has 144 valence electrons. The van der Waals surface area contributed by atoms with Crippen LogP contribution in [-0.2, 0) is 17.8 Å². The summed E-state index contributed by atoms with van der Waals surface area (Å²) in [5, 5.41) is 3.83. The molecule has 1 aliphatic rings. The number of aryl methyl sites for hydroxylation is 1. The van der Waals surface area contributed by atoms with Gasteiger partial charge in [0, 0.05) is 24.0 Å². The Bertz CT molecular complexity index is 725. The number of amides is 1. The summed E-state index contributed by atoms with van der Waals surface area (Å²) in [6, 6.07) is 14.5. The van der Waals surface area contributed by atoms with Crippen LogP contribution < -0.4 is 5.32 Å². The quantitative estimate of drug-likeness (QED) is 0.711. The molecule has 0 aliphatic carbocycles. The van der Waals surface area contributed by atoms with Crippen LogP contribution in [0.15, 0.2) is 48.5 Å². The summed E-state index contributed by atoms with van der Waals surface area (Å²) in [5.41, 5.74) is 2.35. The highest BCUT2D eigenvalue weighted by atomic mass is 35.5. The molecule has 3 rings (SSSR count). The van der Waals surface area contributed by atoms with Gasteiger partial charge < -0.3 is 5.32 Å². The predicted molar refractivity (Wildman–Crippen MR) is 107 cm³/mol. The van der Waals surface area contributed by atoms with E-state index in [0.717, 1.165) is 55.9 Å². The Balaban J connectivity index is 1.33. The van der Waals surface area contributed by atoms with Crippen molar-refractivity contribution in [3.05, 3.63) is 70.5 Å². The SMILES string of the molecule is O=C(NCCCc1ccc(Cl)cc1)C1CCN(Cc2ccc(F)cc2)CC1. The summed E-state index contributed by atoms with van der Waals surface area (Å²) in [4.78, 5) is 14.7. The molecule has 0 saturated carbocycles. The first-order valence-corrected chi connectivity index (χ1v) is 9.97.